The van der Waals surface area contributed by atoms with Gasteiger partial charge in [-0.3, -0.25) is 4.79 Å². The van der Waals surface area contributed by atoms with Crippen molar-refractivity contribution in [2.24, 2.45) is 0 Å². The number of amides is 1. The van der Waals surface area contributed by atoms with Gasteiger partial charge in [0.1, 0.15) is 11.6 Å². The lowest BCUT2D eigenvalue weighted by Gasteiger charge is -2.05. The Labute approximate surface area is 157 Å². The second-order valence-electron chi connectivity index (χ2n) is 5.45. The van der Waals surface area contributed by atoms with Gasteiger partial charge in [0.25, 0.3) is 0 Å². The zero-order chi connectivity index (χ0) is 18.7. The van der Waals surface area contributed by atoms with Crippen LogP contribution in [0.4, 0.5) is 14.5 Å². The van der Waals surface area contributed by atoms with Gasteiger partial charge in [0.2, 0.25) is 5.91 Å². The number of nitrogens with one attached hydrogen (secondary N) is 1. The van der Waals surface area contributed by atoms with E-state index >= 15 is 0 Å². The van der Waals surface area contributed by atoms with Gasteiger partial charge in [0, 0.05) is 35.2 Å². The number of oxazole rings is 1. The van der Waals surface area contributed by atoms with Gasteiger partial charge in [-0.2, -0.15) is 0 Å². The van der Waals surface area contributed by atoms with E-state index in [0.717, 1.165) is 18.2 Å². The maximum atomic E-state index is 13.1. The van der Waals surface area contributed by atoms with Crippen LogP contribution in [0.3, 0.4) is 0 Å². The average Bonchev–Trinajstić information content (AvgIpc) is 3.00. The Morgan fingerprint density at radius 2 is 1.85 bits per heavy atom. The number of halogens is 4. The molecule has 8 heteroatoms. The minimum Gasteiger partial charge on any atom is -0.441 e. The maximum Gasteiger partial charge on any atom is 0.224 e. The summed E-state index contributed by atoms with van der Waals surface area (Å²) in [6.45, 7) is 0. The fourth-order valence-corrected chi connectivity index (χ4v) is 2.81. The van der Waals surface area contributed by atoms with E-state index in [1.165, 1.54) is 6.20 Å². The van der Waals surface area contributed by atoms with Crippen molar-refractivity contribution in [1.29, 1.82) is 0 Å². The number of aromatic nitrogens is 1. The van der Waals surface area contributed by atoms with E-state index in [-0.39, 0.29) is 18.5 Å². The lowest BCUT2D eigenvalue weighted by atomic mass is 10.2. The highest BCUT2D eigenvalue weighted by molar-refractivity contribution is 6.36. The number of hydrogen-bond donors (Lipinski definition) is 1. The Morgan fingerprint density at radius 3 is 2.54 bits per heavy atom. The fourth-order valence-electron chi connectivity index (χ4n) is 2.31. The number of carbonyl (C=O) groups excluding carboxylic acids is 1. The van der Waals surface area contributed by atoms with E-state index in [1.807, 2.05) is 0 Å². The van der Waals surface area contributed by atoms with E-state index in [0.29, 0.717) is 27.3 Å². The molecule has 0 fully saturated rings. The molecular weight excluding hydrogens is 385 g/mol. The van der Waals surface area contributed by atoms with Gasteiger partial charge in [-0.25, -0.2) is 13.8 Å². The van der Waals surface area contributed by atoms with E-state index in [1.54, 1.807) is 18.2 Å². The number of rotatable bonds is 5. The summed E-state index contributed by atoms with van der Waals surface area (Å²) in [5.41, 5.74) is 0.683. The van der Waals surface area contributed by atoms with Gasteiger partial charge in [0.15, 0.2) is 11.7 Å². The van der Waals surface area contributed by atoms with Crippen LogP contribution in [-0.2, 0) is 11.2 Å². The van der Waals surface area contributed by atoms with E-state index in [2.05, 4.69) is 10.3 Å². The predicted molar refractivity (Wildman–Crippen MR) is 95.3 cm³/mol. The molecule has 0 aliphatic heterocycles. The SMILES string of the molecule is O=C(CCc1ncc(-c2ccc(Cl)cc2Cl)o1)Nc1cc(F)cc(F)c1. The molecule has 1 aromatic heterocycles. The highest BCUT2D eigenvalue weighted by Gasteiger charge is 2.12. The molecule has 134 valence electrons. The molecule has 0 aliphatic carbocycles. The highest BCUT2D eigenvalue weighted by atomic mass is 35.5. The molecule has 3 rings (SSSR count). The van der Waals surface area contributed by atoms with Crippen molar-refractivity contribution in [3.63, 3.8) is 0 Å². The van der Waals surface area contributed by atoms with Gasteiger partial charge < -0.3 is 9.73 Å². The Morgan fingerprint density at radius 1 is 1.12 bits per heavy atom. The monoisotopic (exact) mass is 396 g/mol. The third-order valence-corrected chi connectivity index (χ3v) is 4.01. The standard InChI is InChI=1S/C18H12Cl2F2N2O2/c19-10-1-2-14(15(20)5-10)16-9-23-18(26-16)4-3-17(25)24-13-7-11(21)6-12(22)8-13/h1-2,5-9H,3-4H2,(H,24,25). The Kier molecular flexibility index (Phi) is 5.54. The molecule has 4 nitrogen and oxygen atoms in total. The summed E-state index contributed by atoms with van der Waals surface area (Å²) in [6.07, 6.45) is 1.76. The molecule has 0 spiro atoms. The molecule has 1 heterocycles. The van der Waals surface area contributed by atoms with Crippen LogP contribution in [-0.4, -0.2) is 10.9 Å². The zero-order valence-corrected chi connectivity index (χ0v) is 14.7. The molecule has 3 aromatic rings. The summed E-state index contributed by atoms with van der Waals surface area (Å²) < 4.78 is 31.8. The van der Waals surface area contributed by atoms with Crippen LogP contribution in [0, 0.1) is 11.6 Å². The number of anilines is 1. The van der Waals surface area contributed by atoms with Crippen LogP contribution in [0.2, 0.25) is 10.0 Å². The van der Waals surface area contributed by atoms with Gasteiger partial charge in [-0.1, -0.05) is 23.2 Å². The molecule has 0 saturated carbocycles. The minimum atomic E-state index is -0.766. The Bertz CT molecular complexity index is 940. The minimum absolute atomic E-state index is 0.0342. The van der Waals surface area contributed by atoms with Crippen molar-refractivity contribution >= 4 is 34.8 Å². The van der Waals surface area contributed by atoms with Gasteiger partial charge in [0.05, 0.1) is 11.2 Å². The Balaban J connectivity index is 1.61. The summed E-state index contributed by atoms with van der Waals surface area (Å²) in [7, 11) is 0. The second kappa shape index (κ2) is 7.85. The van der Waals surface area contributed by atoms with Gasteiger partial charge in [-0.05, 0) is 30.3 Å². The van der Waals surface area contributed by atoms with Crippen LogP contribution < -0.4 is 5.32 Å². The molecule has 0 unspecified atom stereocenters. The number of hydrogen-bond acceptors (Lipinski definition) is 3. The Hall–Kier alpha value is -2.44. The molecule has 1 N–H and O–H groups in total. The smallest absolute Gasteiger partial charge is 0.224 e. The molecule has 0 radical (unpaired) electrons. The number of carbonyl (C=O) groups is 1. The van der Waals surface area contributed by atoms with Crippen molar-refractivity contribution < 1.29 is 18.0 Å². The normalized spacial score (nSPS) is 10.8. The van der Waals surface area contributed by atoms with Crippen molar-refractivity contribution in [2.45, 2.75) is 12.8 Å². The first-order chi connectivity index (χ1) is 12.4. The van der Waals surface area contributed by atoms with Gasteiger partial charge in [-0.15, -0.1) is 0 Å². The van der Waals surface area contributed by atoms with Crippen LogP contribution in [0.5, 0.6) is 0 Å². The summed E-state index contributed by atoms with van der Waals surface area (Å²) in [5, 5.41) is 3.35. The number of benzene rings is 2. The summed E-state index contributed by atoms with van der Waals surface area (Å²) in [6, 6.07) is 7.77. The zero-order valence-electron chi connectivity index (χ0n) is 13.2. The second-order valence-corrected chi connectivity index (χ2v) is 6.29. The summed E-state index contributed by atoms with van der Waals surface area (Å²) >= 11 is 12.0. The molecule has 0 atom stereocenters. The van der Waals surface area contributed by atoms with Crippen molar-refractivity contribution in [2.75, 3.05) is 5.32 Å². The molecule has 0 aliphatic rings. The molecule has 1 amide bonds. The third-order valence-electron chi connectivity index (χ3n) is 3.46. The van der Waals surface area contributed by atoms with Crippen molar-refractivity contribution in [3.05, 3.63) is 70.2 Å². The van der Waals surface area contributed by atoms with E-state index in [4.69, 9.17) is 27.6 Å². The lowest BCUT2D eigenvalue weighted by molar-refractivity contribution is -0.116. The highest BCUT2D eigenvalue weighted by Crippen LogP contribution is 2.30. The van der Waals surface area contributed by atoms with Crippen LogP contribution in [0.25, 0.3) is 11.3 Å². The first-order valence-corrected chi connectivity index (χ1v) is 8.32. The molecule has 0 saturated heterocycles. The van der Waals surface area contributed by atoms with Crippen molar-refractivity contribution in [1.82, 2.24) is 4.98 Å². The summed E-state index contributed by atoms with van der Waals surface area (Å²) in [5.74, 6) is -1.16. The maximum absolute atomic E-state index is 13.1. The molecular formula is C18H12Cl2F2N2O2. The van der Waals surface area contributed by atoms with E-state index < -0.39 is 17.5 Å². The molecule has 26 heavy (non-hydrogen) atoms. The average molecular weight is 397 g/mol. The summed E-state index contributed by atoms with van der Waals surface area (Å²) in [4.78, 5) is 16.0. The van der Waals surface area contributed by atoms with Crippen LogP contribution >= 0.6 is 23.2 Å². The molecule has 2 aromatic carbocycles. The van der Waals surface area contributed by atoms with E-state index in [9.17, 15) is 13.6 Å². The number of aryl methyl sites for hydroxylation is 1. The van der Waals surface area contributed by atoms with Crippen LogP contribution in [0.1, 0.15) is 12.3 Å². The largest absolute Gasteiger partial charge is 0.441 e. The van der Waals surface area contributed by atoms with Gasteiger partial charge >= 0.3 is 0 Å². The lowest BCUT2D eigenvalue weighted by Crippen LogP contribution is -2.12. The topological polar surface area (TPSA) is 55.1 Å². The predicted octanol–water partition coefficient (Wildman–Crippen LogP) is 5.50. The number of nitrogens with zero attached hydrogens (tertiary/aromatic N) is 1. The first kappa shape index (κ1) is 18.4. The molecule has 0 bridgehead atoms. The third kappa shape index (κ3) is 4.59. The van der Waals surface area contributed by atoms with Crippen LogP contribution in [0.15, 0.2) is 47.0 Å². The fraction of sp³-hybridized carbons (Fsp3) is 0.111. The first-order valence-electron chi connectivity index (χ1n) is 7.57. The quantitative estimate of drug-likeness (QED) is 0.619. The van der Waals surface area contributed by atoms with Crippen molar-refractivity contribution in [3.8, 4) is 11.3 Å².